The molecule has 0 saturated heterocycles. The molecule has 28 heavy (non-hydrogen) atoms. The quantitative estimate of drug-likeness (QED) is 0.653. The fourth-order valence-corrected chi connectivity index (χ4v) is 7.47. The van der Waals surface area contributed by atoms with Crippen LogP contribution in [0.15, 0.2) is 24.3 Å². The molecule has 0 N–H and O–H groups in total. The van der Waals surface area contributed by atoms with E-state index in [1.165, 1.54) is 38.5 Å². The molecule has 4 saturated carbocycles. The van der Waals surface area contributed by atoms with Crippen molar-refractivity contribution >= 4 is 16.3 Å². The summed E-state index contributed by atoms with van der Waals surface area (Å²) in [6.07, 6.45) is 7.89. The van der Waals surface area contributed by atoms with Gasteiger partial charge in [0.05, 0.1) is 0 Å². The van der Waals surface area contributed by atoms with Crippen molar-refractivity contribution in [3.8, 4) is 11.5 Å². The lowest BCUT2D eigenvalue weighted by molar-refractivity contribution is -0.0103. The SMILES string of the molecule is c1ccc2c(c1)OCC(c1nn3c(C45CC6CC(CC(C6)C4)C5)nnc3s1)O2. The molecule has 5 aliphatic rings. The molecule has 3 heterocycles. The first kappa shape index (κ1) is 15.7. The van der Waals surface area contributed by atoms with Crippen molar-refractivity contribution in [1.29, 1.82) is 0 Å². The van der Waals surface area contributed by atoms with E-state index in [0.717, 1.165) is 45.0 Å². The molecule has 3 aromatic rings. The Balaban J connectivity index is 1.26. The van der Waals surface area contributed by atoms with E-state index in [9.17, 15) is 0 Å². The normalized spacial score (nSPS) is 35.6. The van der Waals surface area contributed by atoms with Crippen molar-refractivity contribution in [1.82, 2.24) is 19.8 Å². The number of nitrogens with zero attached hydrogens (tertiary/aromatic N) is 4. The number of hydrogen-bond acceptors (Lipinski definition) is 6. The number of para-hydroxylation sites is 2. The van der Waals surface area contributed by atoms with Gasteiger partial charge in [0, 0.05) is 5.41 Å². The van der Waals surface area contributed by atoms with Gasteiger partial charge < -0.3 is 9.47 Å². The fourth-order valence-electron chi connectivity index (χ4n) is 6.62. The van der Waals surface area contributed by atoms with Crippen molar-refractivity contribution in [2.24, 2.45) is 17.8 Å². The summed E-state index contributed by atoms with van der Waals surface area (Å²) in [5.74, 6) is 5.32. The molecule has 4 bridgehead atoms. The summed E-state index contributed by atoms with van der Waals surface area (Å²) < 4.78 is 14.1. The minimum absolute atomic E-state index is 0.189. The Labute approximate surface area is 166 Å². The van der Waals surface area contributed by atoms with Gasteiger partial charge in [0.1, 0.15) is 6.61 Å². The molecule has 4 fully saturated rings. The van der Waals surface area contributed by atoms with E-state index in [1.807, 2.05) is 28.8 Å². The zero-order chi connectivity index (χ0) is 18.3. The first-order chi connectivity index (χ1) is 13.8. The van der Waals surface area contributed by atoms with Crippen LogP contribution in [0.1, 0.15) is 55.5 Å². The maximum absolute atomic E-state index is 6.17. The zero-order valence-corrected chi connectivity index (χ0v) is 16.4. The third kappa shape index (κ3) is 2.16. The Bertz CT molecular complexity index is 1040. The van der Waals surface area contributed by atoms with Crippen molar-refractivity contribution in [2.45, 2.75) is 50.0 Å². The molecule has 8 rings (SSSR count). The number of ether oxygens (including phenoxy) is 2. The second-order valence-electron chi connectivity index (χ2n) is 9.22. The Hall–Kier alpha value is -2.15. The van der Waals surface area contributed by atoms with Crippen LogP contribution in [-0.2, 0) is 5.41 Å². The summed E-state index contributed by atoms with van der Waals surface area (Å²) in [5, 5.41) is 15.0. The molecule has 2 aromatic heterocycles. The summed E-state index contributed by atoms with van der Waals surface area (Å²) in [4.78, 5) is 0.878. The molecule has 144 valence electrons. The molecule has 1 aliphatic heterocycles. The van der Waals surface area contributed by atoms with Crippen molar-refractivity contribution in [3.05, 3.63) is 35.1 Å². The van der Waals surface area contributed by atoms with Crippen LogP contribution >= 0.6 is 11.3 Å². The van der Waals surface area contributed by atoms with Crippen molar-refractivity contribution < 1.29 is 9.47 Å². The van der Waals surface area contributed by atoms with E-state index in [4.69, 9.17) is 14.6 Å². The minimum atomic E-state index is -0.189. The predicted octanol–water partition coefficient (Wildman–Crippen LogP) is 4.17. The lowest BCUT2D eigenvalue weighted by Gasteiger charge is -2.55. The van der Waals surface area contributed by atoms with Gasteiger partial charge in [-0.2, -0.15) is 9.61 Å². The van der Waals surface area contributed by atoms with E-state index in [0.29, 0.717) is 6.61 Å². The summed E-state index contributed by atoms with van der Waals surface area (Å²) in [6.45, 7) is 0.480. The second kappa shape index (κ2) is 5.47. The lowest BCUT2D eigenvalue weighted by Crippen LogP contribution is -2.49. The molecular weight excluding hydrogens is 372 g/mol. The standard InChI is InChI=1S/C21H22N4O2S/c1-2-4-16-15(3-1)26-11-17(27-16)18-24-25-19(22-23-20(25)28-18)21-8-12-5-13(9-21)7-14(6-12)10-21/h1-4,12-14,17H,5-11H2. The zero-order valence-electron chi connectivity index (χ0n) is 15.6. The van der Waals surface area contributed by atoms with Gasteiger partial charge in [0.15, 0.2) is 28.4 Å². The average molecular weight is 395 g/mol. The summed E-state index contributed by atoms with van der Waals surface area (Å²) in [7, 11) is 0. The maximum atomic E-state index is 6.17. The molecule has 1 aromatic carbocycles. The van der Waals surface area contributed by atoms with Gasteiger partial charge in [0.25, 0.3) is 0 Å². The second-order valence-corrected chi connectivity index (χ2v) is 10.2. The van der Waals surface area contributed by atoms with E-state index in [-0.39, 0.29) is 11.5 Å². The molecule has 0 amide bonds. The highest BCUT2D eigenvalue weighted by Gasteiger charge is 2.54. The lowest BCUT2D eigenvalue weighted by atomic mass is 9.49. The van der Waals surface area contributed by atoms with Crippen LogP contribution in [0.4, 0.5) is 0 Å². The maximum Gasteiger partial charge on any atom is 0.234 e. The number of fused-ring (bicyclic) bond motifs is 2. The highest BCUT2D eigenvalue weighted by molar-refractivity contribution is 7.16. The Morgan fingerprint density at radius 1 is 0.964 bits per heavy atom. The largest absolute Gasteiger partial charge is 0.485 e. The fraction of sp³-hybridized carbons (Fsp3) is 0.571. The third-order valence-corrected chi connectivity index (χ3v) is 8.29. The van der Waals surface area contributed by atoms with Crippen LogP contribution in [0.25, 0.3) is 4.96 Å². The highest BCUT2D eigenvalue weighted by Crippen LogP contribution is 2.60. The van der Waals surface area contributed by atoms with Crippen molar-refractivity contribution in [2.75, 3.05) is 6.61 Å². The Morgan fingerprint density at radius 2 is 1.68 bits per heavy atom. The Kier molecular flexibility index (Phi) is 3.07. The molecular formula is C21H22N4O2S. The van der Waals surface area contributed by atoms with Crippen LogP contribution < -0.4 is 9.47 Å². The number of hydrogen-bond donors (Lipinski definition) is 0. The van der Waals surface area contributed by atoms with Gasteiger partial charge in [-0.3, -0.25) is 0 Å². The molecule has 0 spiro atoms. The van der Waals surface area contributed by atoms with Crippen LogP contribution in [-0.4, -0.2) is 26.4 Å². The van der Waals surface area contributed by atoms with Gasteiger partial charge in [-0.05, 0) is 68.4 Å². The number of aromatic nitrogens is 4. The topological polar surface area (TPSA) is 61.5 Å². The molecule has 6 nitrogen and oxygen atoms in total. The molecule has 0 radical (unpaired) electrons. The van der Waals surface area contributed by atoms with Crippen LogP contribution in [0.2, 0.25) is 0 Å². The van der Waals surface area contributed by atoms with Gasteiger partial charge in [-0.15, -0.1) is 10.2 Å². The average Bonchev–Trinajstić information content (AvgIpc) is 3.27. The first-order valence-electron chi connectivity index (χ1n) is 10.4. The van der Waals surface area contributed by atoms with E-state index < -0.39 is 0 Å². The van der Waals surface area contributed by atoms with E-state index in [1.54, 1.807) is 11.3 Å². The van der Waals surface area contributed by atoms with Gasteiger partial charge in [0.2, 0.25) is 4.96 Å². The van der Waals surface area contributed by atoms with Crippen LogP contribution in [0.5, 0.6) is 11.5 Å². The summed E-state index contributed by atoms with van der Waals surface area (Å²) >= 11 is 1.58. The third-order valence-electron chi connectivity index (χ3n) is 7.30. The monoisotopic (exact) mass is 394 g/mol. The summed E-state index contributed by atoms with van der Waals surface area (Å²) in [5.41, 5.74) is 0.191. The van der Waals surface area contributed by atoms with Crippen LogP contribution in [0.3, 0.4) is 0 Å². The minimum Gasteiger partial charge on any atom is -0.485 e. The van der Waals surface area contributed by atoms with Gasteiger partial charge in [-0.1, -0.05) is 23.5 Å². The van der Waals surface area contributed by atoms with Crippen molar-refractivity contribution in [3.63, 3.8) is 0 Å². The Morgan fingerprint density at radius 3 is 2.43 bits per heavy atom. The summed E-state index contributed by atoms with van der Waals surface area (Å²) in [6, 6.07) is 7.82. The number of benzene rings is 1. The molecule has 1 unspecified atom stereocenters. The van der Waals surface area contributed by atoms with Gasteiger partial charge in [-0.25, -0.2) is 0 Å². The van der Waals surface area contributed by atoms with E-state index >= 15 is 0 Å². The van der Waals surface area contributed by atoms with Gasteiger partial charge >= 0.3 is 0 Å². The smallest absolute Gasteiger partial charge is 0.234 e. The first-order valence-corrected chi connectivity index (χ1v) is 11.2. The molecule has 7 heteroatoms. The molecule has 4 aliphatic carbocycles. The highest BCUT2D eigenvalue weighted by atomic mass is 32.1. The number of rotatable bonds is 2. The predicted molar refractivity (Wildman–Crippen MR) is 104 cm³/mol. The van der Waals surface area contributed by atoms with E-state index in [2.05, 4.69) is 10.2 Å². The van der Waals surface area contributed by atoms with Crippen LogP contribution in [0, 0.1) is 17.8 Å². The molecule has 1 atom stereocenters.